The molecule has 0 aliphatic heterocycles. The summed E-state index contributed by atoms with van der Waals surface area (Å²) >= 11 is 6.51. The fourth-order valence-corrected chi connectivity index (χ4v) is 3.32. The van der Waals surface area contributed by atoms with E-state index in [2.05, 4.69) is 15.2 Å². The van der Waals surface area contributed by atoms with Crippen molar-refractivity contribution in [2.75, 3.05) is 0 Å². The molecule has 0 spiro atoms. The number of hydrogen-bond acceptors (Lipinski definition) is 5. The lowest BCUT2D eigenvalue weighted by Gasteiger charge is -1.98. The third-order valence-electron chi connectivity index (χ3n) is 3.37. The number of alkyl halides is 3. The summed E-state index contributed by atoms with van der Waals surface area (Å²) in [5, 5.41) is 7.56. The molecular formula is C16H7ClF3N3OS. The molecule has 0 aliphatic rings. The lowest BCUT2D eigenvalue weighted by molar-refractivity contribution is -0.137. The Morgan fingerprint density at radius 1 is 0.960 bits per heavy atom. The minimum absolute atomic E-state index is 0.207. The monoisotopic (exact) mass is 381 g/mol. The van der Waals surface area contributed by atoms with E-state index < -0.39 is 11.2 Å². The Kier molecular flexibility index (Phi) is 3.73. The Labute approximate surface area is 147 Å². The number of halogens is 4. The van der Waals surface area contributed by atoms with Crippen LogP contribution in [0.5, 0.6) is 0 Å². The second kappa shape index (κ2) is 5.82. The van der Waals surface area contributed by atoms with Gasteiger partial charge in [-0.05, 0) is 36.4 Å². The number of fused-ring (bicyclic) bond motifs is 1. The van der Waals surface area contributed by atoms with Gasteiger partial charge in [-0.15, -0.1) is 21.5 Å². The summed E-state index contributed by atoms with van der Waals surface area (Å²) in [5.74, 6) is 0.483. The molecule has 0 aliphatic carbocycles. The van der Waals surface area contributed by atoms with Gasteiger partial charge < -0.3 is 4.42 Å². The van der Waals surface area contributed by atoms with Gasteiger partial charge in [0.1, 0.15) is 0 Å². The average Bonchev–Trinajstić information content (AvgIpc) is 3.21. The maximum absolute atomic E-state index is 12.8. The number of aromatic nitrogens is 3. The molecule has 2 aromatic heterocycles. The van der Waals surface area contributed by atoms with Gasteiger partial charge in [-0.25, -0.2) is 4.98 Å². The number of rotatable bonds is 2. The molecule has 0 bridgehead atoms. The number of nitrogens with zero attached hydrogens (tertiary/aromatic N) is 3. The van der Waals surface area contributed by atoms with Gasteiger partial charge in [-0.2, -0.15) is 13.2 Å². The molecule has 25 heavy (non-hydrogen) atoms. The quantitative estimate of drug-likeness (QED) is 0.448. The van der Waals surface area contributed by atoms with Gasteiger partial charge in [0.25, 0.3) is 0 Å². The molecule has 126 valence electrons. The minimum atomic E-state index is -4.46. The molecule has 0 unspecified atom stereocenters. The molecule has 2 heterocycles. The first-order chi connectivity index (χ1) is 11.9. The highest BCUT2D eigenvalue weighted by atomic mass is 35.5. The largest absolute Gasteiger partial charge is 0.443 e. The summed E-state index contributed by atoms with van der Waals surface area (Å²) in [6, 6.07) is 11.6. The molecule has 0 amide bonds. The lowest BCUT2D eigenvalue weighted by Crippen LogP contribution is -2.03. The van der Waals surface area contributed by atoms with Crippen LogP contribution in [0, 0.1) is 0 Å². The van der Waals surface area contributed by atoms with Crippen molar-refractivity contribution in [3.8, 4) is 22.9 Å². The summed E-state index contributed by atoms with van der Waals surface area (Å²) < 4.78 is 44.3. The highest BCUT2D eigenvalue weighted by molar-refractivity contribution is 7.18. The summed E-state index contributed by atoms with van der Waals surface area (Å²) in [6.45, 7) is 0. The Balaban J connectivity index is 1.72. The highest BCUT2D eigenvalue weighted by Crippen LogP contribution is 2.37. The van der Waals surface area contributed by atoms with Crippen molar-refractivity contribution in [1.82, 2.24) is 15.2 Å². The fraction of sp³-hybridized carbons (Fsp3) is 0.0625. The van der Waals surface area contributed by atoms with Gasteiger partial charge in [0.2, 0.25) is 11.8 Å². The van der Waals surface area contributed by atoms with Crippen molar-refractivity contribution in [1.29, 1.82) is 0 Å². The van der Waals surface area contributed by atoms with Crippen LogP contribution < -0.4 is 0 Å². The Bertz CT molecular complexity index is 1070. The van der Waals surface area contributed by atoms with Gasteiger partial charge in [0.05, 0.1) is 10.2 Å². The second-order valence-corrected chi connectivity index (χ2v) is 6.59. The predicted octanol–water partition coefficient (Wildman–Crippen LogP) is 5.69. The third-order valence-corrected chi connectivity index (χ3v) is 4.67. The molecule has 0 N–H and O–H groups in total. The van der Waals surface area contributed by atoms with E-state index in [0.29, 0.717) is 32.2 Å². The SMILES string of the molecule is FC(F)(F)c1nc2ccc(-c3nnc(-c4cccc(Cl)c4)o3)cc2s1. The maximum Gasteiger partial charge on any atom is 0.443 e. The van der Waals surface area contributed by atoms with Crippen LogP contribution in [0.15, 0.2) is 46.9 Å². The van der Waals surface area contributed by atoms with E-state index in [-0.39, 0.29) is 17.3 Å². The van der Waals surface area contributed by atoms with Crippen molar-refractivity contribution in [2.45, 2.75) is 6.18 Å². The summed E-state index contributed by atoms with van der Waals surface area (Å²) in [6.07, 6.45) is -4.46. The molecule has 0 saturated heterocycles. The van der Waals surface area contributed by atoms with E-state index >= 15 is 0 Å². The topological polar surface area (TPSA) is 51.8 Å². The smallest absolute Gasteiger partial charge is 0.416 e. The lowest BCUT2D eigenvalue weighted by atomic mass is 10.2. The van der Waals surface area contributed by atoms with Gasteiger partial charge in [0.15, 0.2) is 5.01 Å². The summed E-state index contributed by atoms with van der Waals surface area (Å²) in [5.41, 5.74) is 1.45. The molecular weight excluding hydrogens is 375 g/mol. The first kappa shape index (κ1) is 16.0. The van der Waals surface area contributed by atoms with Crippen LogP contribution in [0.4, 0.5) is 13.2 Å². The molecule has 4 aromatic rings. The summed E-state index contributed by atoms with van der Waals surface area (Å²) in [7, 11) is 0. The van der Waals surface area contributed by atoms with Crippen LogP contribution in [0.3, 0.4) is 0 Å². The Morgan fingerprint density at radius 3 is 2.36 bits per heavy atom. The molecule has 4 nitrogen and oxygen atoms in total. The van der Waals surface area contributed by atoms with Crippen LogP contribution in [-0.2, 0) is 6.18 Å². The van der Waals surface area contributed by atoms with Crippen molar-refractivity contribution >= 4 is 33.2 Å². The normalized spacial score (nSPS) is 12.0. The molecule has 0 saturated carbocycles. The first-order valence-corrected chi connectivity index (χ1v) is 8.17. The third kappa shape index (κ3) is 3.10. The van der Waals surface area contributed by atoms with E-state index in [1.165, 1.54) is 6.07 Å². The number of benzene rings is 2. The molecule has 0 atom stereocenters. The number of hydrogen-bond donors (Lipinski definition) is 0. The molecule has 4 rings (SSSR count). The van der Waals surface area contributed by atoms with E-state index in [1.54, 1.807) is 36.4 Å². The van der Waals surface area contributed by atoms with Crippen LogP contribution in [0.2, 0.25) is 5.02 Å². The van der Waals surface area contributed by atoms with Crippen molar-refractivity contribution < 1.29 is 17.6 Å². The fourth-order valence-electron chi connectivity index (χ4n) is 2.26. The predicted molar refractivity (Wildman–Crippen MR) is 88.4 cm³/mol. The average molecular weight is 382 g/mol. The first-order valence-electron chi connectivity index (χ1n) is 6.98. The zero-order valence-corrected chi connectivity index (χ0v) is 13.8. The molecule has 0 radical (unpaired) electrons. The highest BCUT2D eigenvalue weighted by Gasteiger charge is 2.34. The van der Waals surface area contributed by atoms with Gasteiger partial charge in [-0.3, -0.25) is 0 Å². The molecule has 2 aromatic carbocycles. The Morgan fingerprint density at radius 2 is 1.68 bits per heavy atom. The molecule has 9 heteroatoms. The van der Waals surface area contributed by atoms with Crippen molar-refractivity contribution in [3.63, 3.8) is 0 Å². The van der Waals surface area contributed by atoms with Crippen LogP contribution in [0.25, 0.3) is 33.1 Å². The van der Waals surface area contributed by atoms with Crippen molar-refractivity contribution in [2.24, 2.45) is 0 Å². The van der Waals surface area contributed by atoms with Gasteiger partial charge in [0, 0.05) is 16.1 Å². The second-order valence-electron chi connectivity index (χ2n) is 5.12. The zero-order valence-electron chi connectivity index (χ0n) is 12.2. The van der Waals surface area contributed by atoms with Gasteiger partial charge >= 0.3 is 6.18 Å². The van der Waals surface area contributed by atoms with E-state index in [0.717, 1.165) is 0 Å². The maximum atomic E-state index is 12.8. The number of thiazole rings is 1. The van der Waals surface area contributed by atoms with Crippen LogP contribution >= 0.6 is 22.9 Å². The van der Waals surface area contributed by atoms with Crippen molar-refractivity contribution in [3.05, 3.63) is 52.5 Å². The van der Waals surface area contributed by atoms with E-state index in [9.17, 15) is 13.2 Å². The molecule has 0 fully saturated rings. The minimum Gasteiger partial charge on any atom is -0.416 e. The van der Waals surface area contributed by atoms with Gasteiger partial charge in [-0.1, -0.05) is 17.7 Å². The standard InChI is InChI=1S/C16H7ClF3N3OS/c17-10-3-1-2-8(6-10)13-22-23-14(24-13)9-4-5-11-12(7-9)25-15(21-11)16(18,19)20/h1-7H. The van der Waals surface area contributed by atoms with Crippen LogP contribution in [0.1, 0.15) is 5.01 Å². The van der Waals surface area contributed by atoms with Crippen LogP contribution in [-0.4, -0.2) is 15.2 Å². The zero-order chi connectivity index (χ0) is 17.6. The van der Waals surface area contributed by atoms with E-state index in [1.807, 2.05) is 0 Å². The summed E-state index contributed by atoms with van der Waals surface area (Å²) in [4.78, 5) is 3.59. The Hall–Kier alpha value is -2.45. The van der Waals surface area contributed by atoms with E-state index in [4.69, 9.17) is 16.0 Å².